The number of hydrogen-bond donors (Lipinski definition) is 1. The third-order valence-electron chi connectivity index (χ3n) is 5.77. The molecule has 9 heteroatoms. The number of para-hydroxylation sites is 1. The van der Waals surface area contributed by atoms with Gasteiger partial charge in [-0.15, -0.1) is 0 Å². The van der Waals surface area contributed by atoms with Crippen molar-refractivity contribution in [1.29, 1.82) is 0 Å². The van der Waals surface area contributed by atoms with Crippen LogP contribution < -0.4 is 10.1 Å². The smallest absolute Gasteiger partial charge is 0.339 e. The Morgan fingerprint density at radius 2 is 2.03 bits per heavy atom. The number of anilines is 1. The third kappa shape index (κ3) is 5.41. The van der Waals surface area contributed by atoms with Crippen molar-refractivity contribution in [2.45, 2.75) is 38.5 Å². The van der Waals surface area contributed by atoms with E-state index in [9.17, 15) is 9.18 Å². The number of halogens is 1. The Balaban J connectivity index is 1.44. The molecule has 0 radical (unpaired) electrons. The molecule has 1 aromatic heterocycles. The predicted molar refractivity (Wildman–Crippen MR) is 127 cm³/mol. The molecule has 0 spiro atoms. The molecule has 34 heavy (non-hydrogen) atoms. The maximum Gasteiger partial charge on any atom is 0.339 e. The van der Waals surface area contributed by atoms with Crippen LogP contribution in [-0.4, -0.2) is 59.1 Å². The zero-order valence-electron chi connectivity index (χ0n) is 19.3. The van der Waals surface area contributed by atoms with Gasteiger partial charge in [0, 0.05) is 31.8 Å². The number of hydrogen-bond acceptors (Lipinski definition) is 8. The number of amidine groups is 1. The predicted octanol–water partition coefficient (Wildman–Crippen LogP) is 4.15. The Morgan fingerprint density at radius 1 is 1.24 bits per heavy atom. The Bertz CT molecular complexity index is 1100. The molecule has 0 amide bonds. The molecule has 0 saturated carbocycles. The number of esters is 1. The summed E-state index contributed by atoms with van der Waals surface area (Å²) in [6.07, 6.45) is 7.38. The highest BCUT2D eigenvalue weighted by Crippen LogP contribution is 2.27. The van der Waals surface area contributed by atoms with Gasteiger partial charge in [-0.1, -0.05) is 24.3 Å². The first-order valence-corrected chi connectivity index (χ1v) is 11.3. The minimum Gasteiger partial charge on any atom is -0.465 e. The summed E-state index contributed by atoms with van der Waals surface area (Å²) in [5.41, 5.74) is 2.60. The number of allylic oxidation sites excluding steroid dienone is 2. The maximum atomic E-state index is 14.9. The molecule has 1 fully saturated rings. The number of benzene rings is 1. The summed E-state index contributed by atoms with van der Waals surface area (Å²) in [4.78, 5) is 27.0. The van der Waals surface area contributed by atoms with Crippen LogP contribution in [0.1, 0.15) is 36.5 Å². The van der Waals surface area contributed by atoms with Gasteiger partial charge in [0.1, 0.15) is 11.9 Å². The van der Waals surface area contributed by atoms with Crippen molar-refractivity contribution in [2.75, 3.05) is 25.5 Å². The maximum absolute atomic E-state index is 14.9. The van der Waals surface area contributed by atoms with Crippen molar-refractivity contribution >= 4 is 17.5 Å². The van der Waals surface area contributed by atoms with Crippen molar-refractivity contribution < 1.29 is 18.7 Å². The summed E-state index contributed by atoms with van der Waals surface area (Å²) >= 11 is 0. The van der Waals surface area contributed by atoms with Crippen LogP contribution in [0.4, 0.5) is 10.1 Å². The molecule has 2 atom stereocenters. The van der Waals surface area contributed by atoms with E-state index in [0.717, 1.165) is 30.1 Å². The van der Waals surface area contributed by atoms with Crippen molar-refractivity contribution in [3.8, 4) is 6.01 Å². The van der Waals surface area contributed by atoms with Crippen LogP contribution in [-0.2, 0) is 4.74 Å². The zero-order valence-corrected chi connectivity index (χ0v) is 19.3. The van der Waals surface area contributed by atoms with Gasteiger partial charge in [0.15, 0.2) is 6.17 Å². The summed E-state index contributed by atoms with van der Waals surface area (Å²) in [5.74, 6) is 0.428. The number of rotatable bonds is 6. The minimum atomic E-state index is -1.18. The monoisotopic (exact) mass is 465 g/mol. The Kier molecular flexibility index (Phi) is 7.51. The highest BCUT2D eigenvalue weighted by molar-refractivity contribution is 5.96. The molecule has 1 aromatic carbocycles. The number of carbonyl (C=O) groups excluding carboxylic acids is 1. The molecule has 1 N–H and O–H groups in total. The van der Waals surface area contributed by atoms with Crippen LogP contribution in [0.25, 0.3) is 0 Å². The molecule has 2 aromatic rings. The van der Waals surface area contributed by atoms with Gasteiger partial charge < -0.3 is 19.7 Å². The average Bonchev–Trinajstić information content (AvgIpc) is 2.89. The summed E-state index contributed by atoms with van der Waals surface area (Å²) in [5, 5.41) is 3.31. The topological polar surface area (TPSA) is 88.9 Å². The number of nitrogens with zero attached hydrogens (tertiary/aromatic N) is 4. The minimum absolute atomic E-state index is 0.194. The van der Waals surface area contributed by atoms with Crippen LogP contribution in [0.3, 0.4) is 0 Å². The SMILES string of the molecule is CC=C(Nc1ccccc1C(=O)OC)C1=CCCC(N2CC[C@@H](Oc3ncccn3)[C@@H](F)C2)=N1. The van der Waals surface area contributed by atoms with Crippen LogP contribution in [0.15, 0.2) is 71.3 Å². The fourth-order valence-corrected chi connectivity index (χ4v) is 4.02. The second-order valence-electron chi connectivity index (χ2n) is 7.96. The van der Waals surface area contributed by atoms with E-state index in [1.54, 1.807) is 30.6 Å². The van der Waals surface area contributed by atoms with Gasteiger partial charge in [-0.2, -0.15) is 0 Å². The van der Waals surface area contributed by atoms with E-state index in [0.29, 0.717) is 24.2 Å². The van der Waals surface area contributed by atoms with Crippen molar-refractivity contribution in [1.82, 2.24) is 14.9 Å². The van der Waals surface area contributed by atoms with Crippen LogP contribution in [0, 0.1) is 0 Å². The molecule has 3 heterocycles. The molecule has 4 rings (SSSR count). The number of methoxy groups -OCH3 is 1. The van der Waals surface area contributed by atoms with Crippen LogP contribution >= 0.6 is 0 Å². The van der Waals surface area contributed by atoms with E-state index in [2.05, 4.69) is 15.3 Å². The van der Waals surface area contributed by atoms with Gasteiger partial charge in [0.05, 0.1) is 36.3 Å². The largest absolute Gasteiger partial charge is 0.465 e. The molecular weight excluding hydrogens is 437 g/mol. The lowest BCUT2D eigenvalue weighted by Crippen LogP contribution is -2.49. The van der Waals surface area contributed by atoms with Gasteiger partial charge >= 0.3 is 12.0 Å². The van der Waals surface area contributed by atoms with Gasteiger partial charge in [-0.3, -0.25) is 0 Å². The quantitative estimate of drug-likeness (QED) is 0.641. The first-order valence-electron chi connectivity index (χ1n) is 11.3. The fraction of sp³-hybridized carbons (Fsp3) is 0.360. The molecule has 2 aliphatic rings. The summed E-state index contributed by atoms with van der Waals surface area (Å²) in [6.45, 7) is 2.74. The Hall–Kier alpha value is -3.75. The molecule has 2 aliphatic heterocycles. The lowest BCUT2D eigenvalue weighted by molar-refractivity contribution is 0.0375. The van der Waals surface area contributed by atoms with E-state index < -0.39 is 18.2 Å². The molecule has 8 nitrogen and oxygen atoms in total. The first kappa shape index (κ1) is 23.4. The summed E-state index contributed by atoms with van der Waals surface area (Å²) < 4.78 is 25.5. The van der Waals surface area contributed by atoms with E-state index in [4.69, 9.17) is 14.5 Å². The second-order valence-corrected chi connectivity index (χ2v) is 7.96. The van der Waals surface area contributed by atoms with Gasteiger partial charge in [0.25, 0.3) is 0 Å². The number of nitrogens with one attached hydrogen (secondary N) is 1. The second kappa shape index (κ2) is 10.9. The highest BCUT2D eigenvalue weighted by atomic mass is 19.1. The van der Waals surface area contributed by atoms with E-state index >= 15 is 0 Å². The number of piperidine rings is 1. The number of ether oxygens (including phenoxy) is 2. The summed E-state index contributed by atoms with van der Waals surface area (Å²) in [6, 6.07) is 9.04. The highest BCUT2D eigenvalue weighted by Gasteiger charge is 2.33. The fourth-order valence-electron chi connectivity index (χ4n) is 4.02. The van der Waals surface area contributed by atoms with Crippen molar-refractivity contribution in [3.63, 3.8) is 0 Å². The van der Waals surface area contributed by atoms with Crippen molar-refractivity contribution in [3.05, 3.63) is 71.8 Å². The molecule has 0 bridgehead atoms. The number of likely N-dealkylation sites (tertiary alicyclic amines) is 1. The number of carbonyl (C=O) groups is 1. The molecule has 178 valence electrons. The van der Waals surface area contributed by atoms with Gasteiger partial charge in [-0.25, -0.2) is 24.1 Å². The Labute approximate surface area is 198 Å². The normalized spacial score (nSPS) is 20.8. The van der Waals surface area contributed by atoms with E-state index in [1.807, 2.05) is 36.1 Å². The summed E-state index contributed by atoms with van der Waals surface area (Å²) in [7, 11) is 1.36. The van der Waals surface area contributed by atoms with Crippen molar-refractivity contribution in [2.24, 2.45) is 4.99 Å². The van der Waals surface area contributed by atoms with Gasteiger partial charge in [0.2, 0.25) is 0 Å². The number of alkyl halides is 1. The van der Waals surface area contributed by atoms with Gasteiger partial charge in [-0.05, 0) is 31.5 Å². The number of aliphatic imine (C=N–C) groups is 1. The molecule has 0 unspecified atom stereocenters. The lowest BCUT2D eigenvalue weighted by atomic mass is 10.0. The molecule has 1 saturated heterocycles. The lowest BCUT2D eigenvalue weighted by Gasteiger charge is -2.37. The standard InChI is InChI=1S/C25H28FN5O3/c1-3-19(29-20-9-5-4-8-17(20)24(32)33-2)21-10-6-11-23(30-21)31-15-12-22(18(26)16-31)34-25-27-13-7-14-28-25/h3-5,7-10,13-14,18,22,29H,6,11-12,15-16H2,1-2H3/t18-,22+/m0/s1. The van der Waals surface area contributed by atoms with E-state index in [-0.39, 0.29) is 12.6 Å². The first-order chi connectivity index (χ1) is 16.6. The molecule has 0 aliphatic carbocycles. The third-order valence-corrected chi connectivity index (χ3v) is 5.77. The van der Waals surface area contributed by atoms with Crippen LogP contribution in [0.2, 0.25) is 0 Å². The number of aromatic nitrogens is 2. The average molecular weight is 466 g/mol. The van der Waals surface area contributed by atoms with E-state index in [1.165, 1.54) is 7.11 Å². The molecular formula is C25H28FN5O3. The zero-order chi connectivity index (χ0) is 23.9. The Morgan fingerprint density at radius 3 is 2.76 bits per heavy atom. The van der Waals surface area contributed by atoms with Crippen LogP contribution in [0.5, 0.6) is 6.01 Å².